The van der Waals surface area contributed by atoms with E-state index in [0.717, 1.165) is 45.8 Å². The second kappa shape index (κ2) is 7.89. The van der Waals surface area contributed by atoms with Crippen molar-refractivity contribution in [3.63, 3.8) is 0 Å². The number of hydrogen-bond acceptors (Lipinski definition) is 7. The van der Waals surface area contributed by atoms with Crippen molar-refractivity contribution in [2.45, 2.75) is 24.0 Å². The molecule has 1 aromatic carbocycles. The van der Waals surface area contributed by atoms with E-state index in [2.05, 4.69) is 16.3 Å². The number of nitrogens with zero attached hydrogens (tertiary/aromatic N) is 5. The van der Waals surface area contributed by atoms with Gasteiger partial charge in [-0.25, -0.2) is 4.98 Å². The molecule has 1 unspecified atom stereocenters. The van der Waals surface area contributed by atoms with E-state index in [-0.39, 0.29) is 11.9 Å². The fraction of sp³-hybridized carbons (Fsp3) is 0.300. The van der Waals surface area contributed by atoms with Crippen LogP contribution in [0, 0.1) is 0 Å². The predicted octanol–water partition coefficient (Wildman–Crippen LogP) is 4.61. The summed E-state index contributed by atoms with van der Waals surface area (Å²) in [5.41, 5.74) is 1.02. The number of para-hydroxylation sites is 1. The Bertz CT molecular complexity index is 1120. The summed E-state index contributed by atoms with van der Waals surface area (Å²) in [7, 11) is 1.95. The predicted molar refractivity (Wildman–Crippen MR) is 118 cm³/mol. The van der Waals surface area contributed by atoms with Gasteiger partial charge in [-0.3, -0.25) is 4.79 Å². The van der Waals surface area contributed by atoms with Crippen molar-refractivity contribution in [2.75, 3.05) is 12.3 Å². The average molecular weight is 442 g/mol. The Morgan fingerprint density at radius 1 is 1.24 bits per heavy atom. The van der Waals surface area contributed by atoms with E-state index in [9.17, 15) is 4.79 Å². The number of fused-ring (bicyclic) bond motifs is 1. The third-order valence-electron chi connectivity index (χ3n) is 5.07. The van der Waals surface area contributed by atoms with E-state index in [1.807, 2.05) is 52.2 Å². The number of thiazole rings is 1. The van der Waals surface area contributed by atoms with Gasteiger partial charge in [-0.15, -0.1) is 32.9 Å². The number of carbonyl (C=O) groups excluding carboxylic acids is 1. The van der Waals surface area contributed by atoms with Crippen LogP contribution < -0.4 is 0 Å². The van der Waals surface area contributed by atoms with Crippen molar-refractivity contribution in [3.05, 3.63) is 46.8 Å². The third kappa shape index (κ3) is 3.58. The van der Waals surface area contributed by atoms with Crippen LogP contribution in [0.25, 0.3) is 20.9 Å². The maximum absolute atomic E-state index is 13.0. The molecule has 1 atom stereocenters. The van der Waals surface area contributed by atoms with Gasteiger partial charge in [0.15, 0.2) is 11.0 Å². The molecule has 148 valence electrons. The molecule has 3 aromatic heterocycles. The summed E-state index contributed by atoms with van der Waals surface area (Å²) in [5, 5.41) is 12.4. The van der Waals surface area contributed by atoms with Crippen LogP contribution in [0.5, 0.6) is 0 Å². The van der Waals surface area contributed by atoms with Crippen molar-refractivity contribution in [2.24, 2.45) is 7.05 Å². The summed E-state index contributed by atoms with van der Waals surface area (Å²) >= 11 is 4.78. The number of thioether (sulfide) groups is 1. The van der Waals surface area contributed by atoms with Crippen LogP contribution in [-0.4, -0.2) is 42.9 Å². The number of amides is 1. The number of thiophene rings is 1. The van der Waals surface area contributed by atoms with E-state index in [4.69, 9.17) is 4.98 Å². The van der Waals surface area contributed by atoms with E-state index in [1.165, 1.54) is 16.5 Å². The number of benzene rings is 1. The molecule has 1 aliphatic heterocycles. The molecule has 4 aromatic rings. The summed E-state index contributed by atoms with van der Waals surface area (Å²) in [6.45, 7) is 0.791. The first kappa shape index (κ1) is 18.8. The average Bonchev–Trinajstić information content (AvgIpc) is 3.51. The normalized spacial score (nSPS) is 16.7. The van der Waals surface area contributed by atoms with Gasteiger partial charge in [-0.2, -0.15) is 0 Å². The molecule has 0 saturated carbocycles. The zero-order chi connectivity index (χ0) is 19.8. The summed E-state index contributed by atoms with van der Waals surface area (Å²) in [6.07, 6.45) is 1.99. The molecule has 1 fully saturated rings. The molecule has 0 N–H and O–H groups in total. The summed E-state index contributed by atoms with van der Waals surface area (Å²) in [6, 6.07) is 12.3. The zero-order valence-corrected chi connectivity index (χ0v) is 18.3. The molecule has 9 heteroatoms. The highest BCUT2D eigenvalue weighted by Crippen LogP contribution is 2.37. The molecule has 1 saturated heterocycles. The highest BCUT2D eigenvalue weighted by atomic mass is 32.2. The molecule has 6 nitrogen and oxygen atoms in total. The van der Waals surface area contributed by atoms with Crippen LogP contribution in [0.3, 0.4) is 0 Å². The number of carbonyl (C=O) groups is 1. The van der Waals surface area contributed by atoms with Gasteiger partial charge in [-0.05, 0) is 36.4 Å². The second-order valence-electron chi connectivity index (χ2n) is 6.90. The van der Waals surface area contributed by atoms with Crippen LogP contribution in [-0.2, 0) is 11.8 Å². The lowest BCUT2D eigenvalue weighted by Gasteiger charge is -2.22. The van der Waals surface area contributed by atoms with Crippen molar-refractivity contribution in [1.29, 1.82) is 0 Å². The quantitative estimate of drug-likeness (QED) is 0.423. The van der Waals surface area contributed by atoms with E-state index >= 15 is 0 Å². The minimum absolute atomic E-state index is 0.0849. The van der Waals surface area contributed by atoms with Gasteiger partial charge in [0.2, 0.25) is 5.91 Å². The van der Waals surface area contributed by atoms with Gasteiger partial charge >= 0.3 is 0 Å². The third-order valence-corrected chi connectivity index (χ3v) is 8.08. The monoisotopic (exact) mass is 441 g/mol. The number of likely N-dealkylation sites (tertiary alicyclic amines) is 1. The van der Waals surface area contributed by atoms with Gasteiger partial charge in [0.25, 0.3) is 0 Å². The Hall–Kier alpha value is -2.23. The fourth-order valence-electron chi connectivity index (χ4n) is 3.62. The van der Waals surface area contributed by atoms with Gasteiger partial charge in [0.05, 0.1) is 26.9 Å². The maximum atomic E-state index is 13.0. The van der Waals surface area contributed by atoms with Crippen LogP contribution in [0.15, 0.2) is 46.9 Å². The van der Waals surface area contributed by atoms with Crippen LogP contribution >= 0.6 is 34.4 Å². The summed E-state index contributed by atoms with van der Waals surface area (Å²) < 4.78 is 3.13. The van der Waals surface area contributed by atoms with Crippen molar-refractivity contribution >= 4 is 50.6 Å². The molecule has 0 spiro atoms. The van der Waals surface area contributed by atoms with Crippen LogP contribution in [0.4, 0.5) is 0 Å². The molecule has 29 heavy (non-hydrogen) atoms. The lowest BCUT2D eigenvalue weighted by molar-refractivity contribution is -0.129. The van der Waals surface area contributed by atoms with Gasteiger partial charge in [0, 0.05) is 13.6 Å². The Balaban J connectivity index is 1.29. The largest absolute Gasteiger partial charge is 0.332 e. The number of hydrogen-bond donors (Lipinski definition) is 0. The summed E-state index contributed by atoms with van der Waals surface area (Å²) in [5.74, 6) is 1.33. The Kier molecular flexibility index (Phi) is 5.11. The Morgan fingerprint density at radius 3 is 2.97 bits per heavy atom. The van der Waals surface area contributed by atoms with Gasteiger partial charge < -0.3 is 9.47 Å². The molecule has 1 amide bonds. The minimum Gasteiger partial charge on any atom is -0.332 e. The summed E-state index contributed by atoms with van der Waals surface area (Å²) in [4.78, 5) is 20.8. The molecule has 5 rings (SSSR count). The highest BCUT2D eigenvalue weighted by molar-refractivity contribution is 7.99. The minimum atomic E-state index is 0.0849. The molecule has 0 bridgehead atoms. The first-order chi connectivity index (χ1) is 14.2. The first-order valence-electron chi connectivity index (χ1n) is 9.42. The maximum Gasteiger partial charge on any atom is 0.233 e. The molecule has 1 aliphatic rings. The molecule has 0 radical (unpaired) electrons. The number of aromatic nitrogens is 4. The smallest absolute Gasteiger partial charge is 0.233 e. The standard InChI is InChI=1S/C20H19N5OS3/c1-24-18(16-9-5-11-27-16)22-23-20(24)28-12-17(26)25-10-4-7-14(25)19-21-13-6-2-3-8-15(13)29-19/h2-3,5-6,8-9,11,14H,4,7,10,12H2,1H3. The lowest BCUT2D eigenvalue weighted by Crippen LogP contribution is -2.32. The molecule has 4 heterocycles. The topological polar surface area (TPSA) is 63.9 Å². The fourth-order valence-corrected chi connectivity index (χ4v) is 6.28. The van der Waals surface area contributed by atoms with Crippen LogP contribution in [0.1, 0.15) is 23.9 Å². The van der Waals surface area contributed by atoms with E-state index in [0.29, 0.717) is 5.75 Å². The Labute approximate surface area is 180 Å². The highest BCUT2D eigenvalue weighted by Gasteiger charge is 2.32. The SMILES string of the molecule is Cn1c(SCC(=O)N2CCCC2c2nc3ccccc3s2)nnc1-c1cccs1. The van der Waals surface area contributed by atoms with Crippen molar-refractivity contribution in [3.8, 4) is 10.7 Å². The molecular weight excluding hydrogens is 422 g/mol. The first-order valence-corrected chi connectivity index (χ1v) is 12.1. The second-order valence-corrected chi connectivity index (χ2v) is 9.85. The van der Waals surface area contributed by atoms with E-state index in [1.54, 1.807) is 22.7 Å². The molecular formula is C20H19N5OS3. The number of rotatable bonds is 5. The lowest BCUT2D eigenvalue weighted by atomic mass is 10.2. The van der Waals surface area contributed by atoms with E-state index < -0.39 is 0 Å². The van der Waals surface area contributed by atoms with Crippen molar-refractivity contribution in [1.82, 2.24) is 24.6 Å². The van der Waals surface area contributed by atoms with Gasteiger partial charge in [-0.1, -0.05) is 30.0 Å². The Morgan fingerprint density at radius 2 is 2.14 bits per heavy atom. The molecule has 0 aliphatic carbocycles. The van der Waals surface area contributed by atoms with Crippen molar-refractivity contribution < 1.29 is 4.79 Å². The van der Waals surface area contributed by atoms with Gasteiger partial charge in [0.1, 0.15) is 5.01 Å². The van der Waals surface area contributed by atoms with Crippen LogP contribution in [0.2, 0.25) is 0 Å². The zero-order valence-electron chi connectivity index (χ0n) is 15.8.